The Hall–Kier alpha value is -0.510. The average molecular weight is 687 g/mol. The van der Waals surface area contributed by atoms with Crippen LogP contribution in [0.25, 0.3) is 0 Å². The Morgan fingerprint density at radius 2 is 0.426 bits per heavy atom. The Kier molecular flexibility index (Phi) is 45.0. The molecule has 0 N–H and O–H groups in total. The Morgan fingerprint density at radius 3 is 0.660 bits per heavy atom. The van der Waals surface area contributed by atoms with Crippen LogP contribution in [0.1, 0.15) is 77.6 Å². The molecular weight excluding hydrogens is 615 g/mol. The topological polar surface area (TPSA) is 102 Å². The van der Waals surface area contributed by atoms with E-state index in [1.807, 2.05) is 0 Å². The highest BCUT2D eigenvalue weighted by Crippen LogP contribution is 2.11. The maximum absolute atomic E-state index is 11.8. The van der Waals surface area contributed by atoms with Gasteiger partial charge < -0.3 is 52.1 Å². The summed E-state index contributed by atoms with van der Waals surface area (Å²) >= 11 is 0. The largest absolute Gasteiger partial charge is 0.379 e. The molecule has 0 rings (SSSR count). The smallest absolute Gasteiger partial charge is 0.113 e. The maximum atomic E-state index is 11.8. The first-order chi connectivity index (χ1) is 23.4. The van der Waals surface area contributed by atoms with Crippen molar-refractivity contribution in [1.82, 2.24) is 0 Å². The summed E-state index contributed by atoms with van der Waals surface area (Å²) in [5, 5.41) is 0. The standard InChI is InChI=1S/C35H71FO11/c1-2-3-4-5-6-7-8-9-10-11-12-14-37-16-18-39-20-22-41-24-26-43-28-30-45-32-34-47-35-33-46-31-29-44-27-25-42-23-21-40-19-17-38-15-13-36/h2-35H2,1H3. The third-order valence-corrected chi connectivity index (χ3v) is 6.83. The van der Waals surface area contributed by atoms with Gasteiger partial charge in [-0.2, -0.15) is 0 Å². The second-order valence-electron chi connectivity index (χ2n) is 11.0. The quantitative estimate of drug-likeness (QED) is 0.0765. The van der Waals surface area contributed by atoms with Crippen molar-refractivity contribution in [2.24, 2.45) is 0 Å². The highest BCUT2D eigenvalue weighted by atomic mass is 19.1. The molecule has 0 aliphatic heterocycles. The van der Waals surface area contributed by atoms with E-state index in [0.717, 1.165) is 13.0 Å². The minimum atomic E-state index is -0.471. The van der Waals surface area contributed by atoms with Crippen LogP contribution in [0, 0.1) is 0 Å². The molecular formula is C35H71FO11. The lowest BCUT2D eigenvalue weighted by Crippen LogP contribution is -2.15. The molecule has 0 aromatic heterocycles. The van der Waals surface area contributed by atoms with Gasteiger partial charge in [0, 0.05) is 6.61 Å². The molecule has 0 fully saturated rings. The number of unbranched alkanes of at least 4 members (excludes halogenated alkanes) is 10. The molecule has 0 saturated heterocycles. The molecule has 0 aliphatic rings. The molecule has 0 atom stereocenters. The van der Waals surface area contributed by atoms with E-state index in [1.54, 1.807) is 0 Å². The summed E-state index contributed by atoms with van der Waals surface area (Å²) in [5.74, 6) is 0. The lowest BCUT2D eigenvalue weighted by Gasteiger charge is -2.09. The third kappa shape index (κ3) is 45.5. The molecule has 0 bridgehead atoms. The van der Waals surface area contributed by atoms with Gasteiger partial charge in [0.15, 0.2) is 0 Å². The van der Waals surface area contributed by atoms with Crippen LogP contribution in [0.2, 0.25) is 0 Å². The maximum Gasteiger partial charge on any atom is 0.113 e. The minimum absolute atomic E-state index is 0.117. The first-order valence-electron chi connectivity index (χ1n) is 18.3. The number of hydrogen-bond donors (Lipinski definition) is 0. The zero-order valence-corrected chi connectivity index (χ0v) is 29.9. The van der Waals surface area contributed by atoms with Gasteiger partial charge in [0.05, 0.1) is 139 Å². The number of hydrogen-bond acceptors (Lipinski definition) is 11. The molecule has 0 saturated carbocycles. The van der Waals surface area contributed by atoms with E-state index in [9.17, 15) is 4.39 Å². The van der Waals surface area contributed by atoms with Crippen molar-refractivity contribution in [3.05, 3.63) is 0 Å². The molecule has 0 unspecified atom stereocenters. The van der Waals surface area contributed by atoms with Crippen molar-refractivity contribution in [2.75, 3.05) is 152 Å². The van der Waals surface area contributed by atoms with Crippen LogP contribution in [0.15, 0.2) is 0 Å². The van der Waals surface area contributed by atoms with Crippen molar-refractivity contribution in [3.8, 4) is 0 Å². The summed E-state index contributed by atoms with van der Waals surface area (Å²) in [7, 11) is 0. The number of ether oxygens (including phenoxy) is 11. The summed E-state index contributed by atoms with van der Waals surface area (Å²) in [5.41, 5.74) is 0. The van der Waals surface area contributed by atoms with Gasteiger partial charge in [0.25, 0.3) is 0 Å². The Morgan fingerprint density at radius 1 is 0.234 bits per heavy atom. The van der Waals surface area contributed by atoms with Gasteiger partial charge in [-0.25, -0.2) is 4.39 Å². The molecule has 47 heavy (non-hydrogen) atoms. The molecule has 0 amide bonds. The normalized spacial score (nSPS) is 11.6. The molecule has 284 valence electrons. The van der Waals surface area contributed by atoms with E-state index in [-0.39, 0.29) is 6.61 Å². The second kappa shape index (κ2) is 45.5. The van der Waals surface area contributed by atoms with E-state index < -0.39 is 6.67 Å². The molecule has 0 spiro atoms. The van der Waals surface area contributed by atoms with Gasteiger partial charge >= 0.3 is 0 Å². The van der Waals surface area contributed by atoms with E-state index in [0.29, 0.717) is 132 Å². The number of alkyl halides is 1. The van der Waals surface area contributed by atoms with Gasteiger partial charge in [-0.3, -0.25) is 0 Å². The number of rotatable bonds is 44. The fourth-order valence-electron chi connectivity index (χ4n) is 4.22. The van der Waals surface area contributed by atoms with Gasteiger partial charge in [0.2, 0.25) is 0 Å². The summed E-state index contributed by atoms with van der Waals surface area (Å²) in [6.45, 7) is 13.1. The van der Waals surface area contributed by atoms with Crippen LogP contribution in [0.4, 0.5) is 4.39 Å². The van der Waals surface area contributed by atoms with Gasteiger partial charge in [-0.05, 0) is 6.42 Å². The van der Waals surface area contributed by atoms with Crippen LogP contribution < -0.4 is 0 Å². The highest BCUT2D eigenvalue weighted by Gasteiger charge is 1.97. The van der Waals surface area contributed by atoms with Crippen LogP contribution >= 0.6 is 0 Å². The van der Waals surface area contributed by atoms with Gasteiger partial charge in [0.1, 0.15) is 6.67 Å². The van der Waals surface area contributed by atoms with Crippen LogP contribution in [0.5, 0.6) is 0 Å². The fourth-order valence-corrected chi connectivity index (χ4v) is 4.22. The molecule has 0 radical (unpaired) electrons. The van der Waals surface area contributed by atoms with Crippen molar-refractivity contribution < 1.29 is 56.5 Å². The third-order valence-electron chi connectivity index (χ3n) is 6.83. The van der Waals surface area contributed by atoms with Crippen molar-refractivity contribution >= 4 is 0 Å². The van der Waals surface area contributed by atoms with Gasteiger partial charge in [-0.1, -0.05) is 71.1 Å². The fraction of sp³-hybridized carbons (Fsp3) is 1.00. The molecule has 0 heterocycles. The predicted octanol–water partition coefficient (Wildman–Crippen LogP) is 5.45. The zero-order chi connectivity index (χ0) is 33.8. The molecule has 0 aliphatic carbocycles. The Bertz CT molecular complexity index is 494. The Labute approximate surface area is 286 Å². The summed E-state index contributed by atoms with van der Waals surface area (Å²) in [6, 6.07) is 0. The van der Waals surface area contributed by atoms with Crippen LogP contribution in [0.3, 0.4) is 0 Å². The van der Waals surface area contributed by atoms with Gasteiger partial charge in [-0.15, -0.1) is 0 Å². The first kappa shape index (κ1) is 46.5. The highest BCUT2D eigenvalue weighted by molar-refractivity contribution is 4.48. The van der Waals surface area contributed by atoms with E-state index in [2.05, 4.69) is 6.92 Å². The molecule has 11 nitrogen and oxygen atoms in total. The Balaban J connectivity index is 3.03. The van der Waals surface area contributed by atoms with Crippen molar-refractivity contribution in [1.29, 1.82) is 0 Å². The molecule has 0 aromatic rings. The average Bonchev–Trinajstić information content (AvgIpc) is 3.08. The number of halogens is 1. The molecule has 0 aromatic carbocycles. The minimum Gasteiger partial charge on any atom is -0.379 e. The lowest BCUT2D eigenvalue weighted by atomic mass is 10.1. The van der Waals surface area contributed by atoms with E-state index in [4.69, 9.17) is 52.1 Å². The molecule has 12 heteroatoms. The summed E-state index contributed by atoms with van der Waals surface area (Å²) < 4.78 is 71.6. The van der Waals surface area contributed by atoms with Crippen molar-refractivity contribution in [2.45, 2.75) is 77.6 Å². The van der Waals surface area contributed by atoms with E-state index >= 15 is 0 Å². The SMILES string of the molecule is CCCCCCCCCCCCCOCCOCCOCCOCCOCCOCCOCCOCCOCCOCCOCCF. The zero-order valence-electron chi connectivity index (χ0n) is 29.9. The first-order valence-corrected chi connectivity index (χ1v) is 18.3. The second-order valence-corrected chi connectivity index (χ2v) is 11.0. The predicted molar refractivity (Wildman–Crippen MR) is 181 cm³/mol. The summed E-state index contributed by atoms with van der Waals surface area (Å²) in [6.07, 6.45) is 14.9. The monoisotopic (exact) mass is 686 g/mol. The van der Waals surface area contributed by atoms with Crippen molar-refractivity contribution in [3.63, 3.8) is 0 Å². The van der Waals surface area contributed by atoms with E-state index in [1.165, 1.54) is 64.2 Å². The van der Waals surface area contributed by atoms with Crippen LogP contribution in [-0.2, 0) is 52.1 Å². The summed E-state index contributed by atoms with van der Waals surface area (Å²) in [4.78, 5) is 0. The van der Waals surface area contributed by atoms with Crippen LogP contribution in [-0.4, -0.2) is 152 Å². The lowest BCUT2D eigenvalue weighted by molar-refractivity contribution is -0.0276.